The molecule has 3 rings (SSSR count). The lowest BCUT2D eigenvalue weighted by molar-refractivity contribution is 0.0980. The van der Waals surface area contributed by atoms with Crippen molar-refractivity contribution in [2.45, 2.75) is 58.8 Å². The summed E-state index contributed by atoms with van der Waals surface area (Å²) in [5, 5.41) is 0. The summed E-state index contributed by atoms with van der Waals surface area (Å²) < 4.78 is 14.9. The Kier molecular flexibility index (Phi) is 7.96. The molecule has 2 heteroatoms. The number of benzene rings is 3. The molecule has 0 saturated carbocycles. The summed E-state index contributed by atoms with van der Waals surface area (Å²) in [6.07, 6.45) is 7.25. The maximum Gasteiger partial charge on any atom is 0.162 e. The highest BCUT2D eigenvalue weighted by Crippen LogP contribution is 2.29. The van der Waals surface area contributed by atoms with Gasteiger partial charge in [-0.3, -0.25) is 4.79 Å². The molecule has 0 radical (unpaired) electrons. The van der Waals surface area contributed by atoms with Gasteiger partial charge >= 0.3 is 0 Å². The van der Waals surface area contributed by atoms with Gasteiger partial charge in [0.05, 0.1) is 0 Å². The van der Waals surface area contributed by atoms with E-state index in [1.54, 1.807) is 18.2 Å². The molecule has 0 aliphatic carbocycles. The minimum Gasteiger partial charge on any atom is -0.294 e. The van der Waals surface area contributed by atoms with E-state index in [1.807, 2.05) is 24.3 Å². The first-order chi connectivity index (χ1) is 14.6. The monoisotopic (exact) mass is 402 g/mol. The Morgan fingerprint density at radius 1 is 0.733 bits per heavy atom. The van der Waals surface area contributed by atoms with Gasteiger partial charge in [-0.2, -0.15) is 0 Å². The third kappa shape index (κ3) is 5.66. The van der Waals surface area contributed by atoms with Crippen LogP contribution in [0.3, 0.4) is 0 Å². The third-order valence-electron chi connectivity index (χ3n) is 5.60. The molecule has 0 aliphatic rings. The van der Waals surface area contributed by atoms with Crippen LogP contribution in [0.2, 0.25) is 0 Å². The van der Waals surface area contributed by atoms with Crippen LogP contribution in [-0.4, -0.2) is 5.78 Å². The Labute approximate surface area is 180 Å². The topological polar surface area (TPSA) is 17.1 Å². The molecule has 30 heavy (non-hydrogen) atoms. The summed E-state index contributed by atoms with van der Waals surface area (Å²) in [6.45, 7) is 4.29. The normalized spacial score (nSPS) is 10.9. The van der Waals surface area contributed by atoms with Crippen LogP contribution in [0.1, 0.15) is 68.3 Å². The van der Waals surface area contributed by atoms with E-state index in [0.29, 0.717) is 17.5 Å². The van der Waals surface area contributed by atoms with E-state index in [9.17, 15) is 9.18 Å². The van der Waals surface area contributed by atoms with E-state index < -0.39 is 0 Å². The van der Waals surface area contributed by atoms with Gasteiger partial charge in [-0.25, -0.2) is 4.39 Å². The molecule has 0 saturated heterocycles. The fourth-order valence-electron chi connectivity index (χ4n) is 3.69. The van der Waals surface area contributed by atoms with Crippen LogP contribution in [-0.2, 0) is 6.42 Å². The lowest BCUT2D eigenvalue weighted by Gasteiger charge is -2.09. The second-order valence-corrected chi connectivity index (χ2v) is 7.95. The highest BCUT2D eigenvalue weighted by atomic mass is 19.1. The molecule has 0 amide bonds. The Balaban J connectivity index is 1.73. The van der Waals surface area contributed by atoms with Crippen LogP contribution in [0, 0.1) is 5.82 Å². The summed E-state index contributed by atoms with van der Waals surface area (Å²) in [5.41, 5.74) is 5.28. The van der Waals surface area contributed by atoms with Gasteiger partial charge < -0.3 is 0 Å². The van der Waals surface area contributed by atoms with Gasteiger partial charge in [0, 0.05) is 17.5 Å². The van der Waals surface area contributed by atoms with Crippen LogP contribution >= 0.6 is 0 Å². The van der Waals surface area contributed by atoms with Crippen molar-refractivity contribution in [1.82, 2.24) is 0 Å². The molecule has 0 fully saturated rings. The number of hydrogen-bond donors (Lipinski definition) is 0. The van der Waals surface area contributed by atoms with E-state index in [2.05, 4.69) is 38.1 Å². The van der Waals surface area contributed by atoms with E-state index in [0.717, 1.165) is 36.0 Å². The maximum absolute atomic E-state index is 14.9. The van der Waals surface area contributed by atoms with Gasteiger partial charge in [0.2, 0.25) is 0 Å². The van der Waals surface area contributed by atoms with Crippen molar-refractivity contribution in [2.75, 3.05) is 0 Å². The maximum atomic E-state index is 14.9. The second kappa shape index (κ2) is 10.9. The minimum atomic E-state index is -0.246. The Morgan fingerprint density at radius 2 is 1.37 bits per heavy atom. The smallest absolute Gasteiger partial charge is 0.162 e. The predicted molar refractivity (Wildman–Crippen MR) is 124 cm³/mol. The van der Waals surface area contributed by atoms with Gasteiger partial charge in [0.25, 0.3) is 0 Å². The summed E-state index contributed by atoms with van der Waals surface area (Å²) in [6, 6.07) is 21.1. The Hall–Kier alpha value is -2.74. The van der Waals surface area contributed by atoms with Crippen molar-refractivity contribution < 1.29 is 9.18 Å². The number of aryl methyl sites for hydroxylation is 1. The zero-order valence-electron chi connectivity index (χ0n) is 18.1. The van der Waals surface area contributed by atoms with Crippen LogP contribution < -0.4 is 0 Å². The number of halogens is 1. The number of carbonyl (C=O) groups excluding carboxylic acids is 1. The molecule has 0 spiro atoms. The van der Waals surface area contributed by atoms with Crippen LogP contribution in [0.25, 0.3) is 22.3 Å². The lowest BCUT2D eigenvalue weighted by atomic mass is 9.97. The zero-order chi connectivity index (χ0) is 21.3. The van der Waals surface area contributed by atoms with E-state index in [-0.39, 0.29) is 11.6 Å². The SMILES string of the molecule is CCCCCc1ccc(-c2ccc(-c3ccc(C(=O)CCCC)cc3)c(F)c2)cc1. The van der Waals surface area contributed by atoms with Crippen LogP contribution in [0.15, 0.2) is 66.7 Å². The minimum absolute atomic E-state index is 0.150. The molecule has 1 nitrogen and oxygen atoms in total. The van der Waals surface area contributed by atoms with Gasteiger partial charge in [0.1, 0.15) is 5.82 Å². The van der Waals surface area contributed by atoms with Gasteiger partial charge in [-0.15, -0.1) is 0 Å². The van der Waals surface area contributed by atoms with Crippen molar-refractivity contribution in [1.29, 1.82) is 0 Å². The zero-order valence-corrected chi connectivity index (χ0v) is 18.1. The number of hydrogen-bond acceptors (Lipinski definition) is 1. The van der Waals surface area contributed by atoms with Crippen molar-refractivity contribution in [3.63, 3.8) is 0 Å². The quantitative estimate of drug-likeness (QED) is 0.246. The fourth-order valence-corrected chi connectivity index (χ4v) is 3.69. The first-order valence-electron chi connectivity index (χ1n) is 11.1. The molecule has 156 valence electrons. The summed E-state index contributed by atoms with van der Waals surface area (Å²) in [4.78, 5) is 12.1. The van der Waals surface area contributed by atoms with Gasteiger partial charge in [-0.05, 0) is 47.6 Å². The largest absolute Gasteiger partial charge is 0.294 e. The first-order valence-corrected chi connectivity index (χ1v) is 11.1. The van der Waals surface area contributed by atoms with Crippen LogP contribution in [0.4, 0.5) is 4.39 Å². The molecule has 0 bridgehead atoms. The molecule has 0 heterocycles. The lowest BCUT2D eigenvalue weighted by Crippen LogP contribution is -1.98. The molecule has 0 aromatic heterocycles. The van der Waals surface area contributed by atoms with Crippen molar-refractivity contribution in [2.24, 2.45) is 0 Å². The number of ketones is 1. The Morgan fingerprint density at radius 3 is 2.00 bits per heavy atom. The standard InChI is InChI=1S/C28H31FO/c1-3-5-7-8-21-10-12-22(13-11-21)25-18-19-26(27(29)20-25)23-14-16-24(17-15-23)28(30)9-6-4-2/h10-20H,3-9H2,1-2H3. The highest BCUT2D eigenvalue weighted by molar-refractivity contribution is 5.96. The summed E-state index contributed by atoms with van der Waals surface area (Å²) in [5.74, 6) is -0.0954. The van der Waals surface area contributed by atoms with Crippen molar-refractivity contribution in [3.8, 4) is 22.3 Å². The fraction of sp³-hybridized carbons (Fsp3) is 0.321. The number of unbranched alkanes of at least 4 members (excludes halogenated alkanes) is 3. The average Bonchev–Trinajstić information content (AvgIpc) is 2.78. The van der Waals surface area contributed by atoms with E-state index in [1.165, 1.54) is 24.8 Å². The molecule has 0 aliphatic heterocycles. The van der Waals surface area contributed by atoms with Gasteiger partial charge in [-0.1, -0.05) is 93.8 Å². The predicted octanol–water partition coefficient (Wildman–Crippen LogP) is 8.27. The molecular weight excluding hydrogens is 371 g/mol. The van der Waals surface area contributed by atoms with Gasteiger partial charge in [0.15, 0.2) is 5.78 Å². The molecule has 3 aromatic carbocycles. The second-order valence-electron chi connectivity index (χ2n) is 7.95. The van der Waals surface area contributed by atoms with Crippen molar-refractivity contribution >= 4 is 5.78 Å². The van der Waals surface area contributed by atoms with E-state index >= 15 is 0 Å². The van der Waals surface area contributed by atoms with E-state index in [4.69, 9.17) is 0 Å². The number of carbonyl (C=O) groups is 1. The highest BCUT2D eigenvalue weighted by Gasteiger charge is 2.10. The number of rotatable bonds is 10. The molecule has 3 aromatic rings. The molecule has 0 N–H and O–H groups in total. The average molecular weight is 403 g/mol. The number of Topliss-reactive ketones (excluding diaryl/α,β-unsaturated/α-hetero) is 1. The molecule has 0 unspecified atom stereocenters. The molecular formula is C28H31FO. The Bertz CT molecular complexity index is 955. The first kappa shape index (κ1) is 22.0. The summed E-state index contributed by atoms with van der Waals surface area (Å²) >= 11 is 0. The van der Waals surface area contributed by atoms with Crippen LogP contribution in [0.5, 0.6) is 0 Å². The van der Waals surface area contributed by atoms with Crippen molar-refractivity contribution in [3.05, 3.63) is 83.7 Å². The summed E-state index contributed by atoms with van der Waals surface area (Å²) in [7, 11) is 0. The third-order valence-corrected chi connectivity index (χ3v) is 5.60. The molecule has 0 atom stereocenters.